The van der Waals surface area contributed by atoms with Crippen LogP contribution in [-0.2, 0) is 5.41 Å². The molecule has 0 unspecified atom stereocenters. The van der Waals surface area contributed by atoms with Gasteiger partial charge in [0.05, 0.1) is 20.8 Å². The van der Waals surface area contributed by atoms with Crippen LogP contribution in [0.2, 0.25) is 0 Å². The predicted molar refractivity (Wildman–Crippen MR) is 295 cm³/mol. The van der Waals surface area contributed by atoms with Crippen molar-refractivity contribution in [2.75, 3.05) is 0 Å². The van der Waals surface area contributed by atoms with E-state index in [1.54, 1.807) is 0 Å². The van der Waals surface area contributed by atoms with Gasteiger partial charge in [0, 0.05) is 44.1 Å². The van der Waals surface area contributed by atoms with Gasteiger partial charge >= 0.3 is 0 Å². The minimum absolute atomic E-state index is 0.0941. The van der Waals surface area contributed by atoms with Crippen molar-refractivity contribution in [2.24, 2.45) is 23.7 Å². The van der Waals surface area contributed by atoms with Crippen LogP contribution >= 0.6 is 11.8 Å². The van der Waals surface area contributed by atoms with Crippen LogP contribution in [0, 0.1) is 23.7 Å². The lowest BCUT2D eigenvalue weighted by Crippen LogP contribution is -2.55. The molecule has 17 rings (SSSR count). The molecule has 3 heterocycles. The van der Waals surface area contributed by atoms with Crippen LogP contribution in [0.15, 0.2) is 216 Å². The number of aromatic nitrogens is 4. The predicted octanol–water partition coefficient (Wildman–Crippen LogP) is 17.3. The Labute approximate surface area is 428 Å². The fourth-order valence-electron chi connectivity index (χ4n) is 14.5. The van der Waals surface area contributed by atoms with Gasteiger partial charge < -0.3 is 9.30 Å². The van der Waals surface area contributed by atoms with Crippen LogP contribution in [0.25, 0.3) is 95.0 Å². The minimum Gasteiger partial charge on any atom is -0.455 e. The maximum absolute atomic E-state index is 7.14. The summed E-state index contributed by atoms with van der Waals surface area (Å²) in [5, 5.41) is 2.45. The van der Waals surface area contributed by atoms with Gasteiger partial charge in [-0.3, -0.25) is 0 Å². The summed E-state index contributed by atoms with van der Waals surface area (Å²) in [6.07, 6.45) is 6.58. The summed E-state index contributed by atoms with van der Waals surface area (Å²) in [6.45, 7) is 0. The van der Waals surface area contributed by atoms with Crippen LogP contribution < -0.4 is 4.74 Å². The number of fused-ring (bicyclic) bond motifs is 9. The molecule has 4 bridgehead atoms. The van der Waals surface area contributed by atoms with E-state index in [1.807, 2.05) is 11.8 Å². The molecule has 11 aromatic rings. The zero-order valence-corrected chi connectivity index (χ0v) is 40.9. The summed E-state index contributed by atoms with van der Waals surface area (Å²) in [7, 11) is 0. The summed E-state index contributed by atoms with van der Waals surface area (Å²) in [5.74, 6) is 6.78. The van der Waals surface area contributed by atoms with Gasteiger partial charge in [-0.2, -0.15) is 0 Å². The molecule has 1 aliphatic heterocycles. The number of rotatable bonds is 6. The Bertz CT molecular complexity index is 3930. The van der Waals surface area contributed by atoms with Crippen LogP contribution in [-0.4, -0.2) is 19.5 Å². The van der Waals surface area contributed by atoms with E-state index in [-0.39, 0.29) is 5.41 Å². The molecule has 0 N–H and O–H groups in total. The first-order chi connectivity index (χ1) is 36.1. The van der Waals surface area contributed by atoms with Crippen molar-refractivity contribution in [1.82, 2.24) is 19.5 Å². The van der Waals surface area contributed by atoms with Crippen LogP contribution in [0.3, 0.4) is 0 Å². The average molecular weight is 957 g/mol. The Hall–Kier alpha value is -8.06. The van der Waals surface area contributed by atoms with E-state index >= 15 is 0 Å². The van der Waals surface area contributed by atoms with Crippen LogP contribution in [0.4, 0.5) is 0 Å². The fourth-order valence-corrected chi connectivity index (χ4v) is 15.5. The molecule has 0 radical (unpaired) electrons. The van der Waals surface area contributed by atoms with Crippen LogP contribution in [0.5, 0.6) is 11.5 Å². The topological polar surface area (TPSA) is 52.8 Å². The lowest BCUT2D eigenvalue weighted by atomic mass is 9.43. The number of ether oxygens (including phenoxy) is 1. The zero-order chi connectivity index (χ0) is 47.8. The Morgan fingerprint density at radius 1 is 0.425 bits per heavy atom. The molecule has 9 aromatic carbocycles. The highest BCUT2D eigenvalue weighted by atomic mass is 32.2. The minimum atomic E-state index is -0.0941. The summed E-state index contributed by atoms with van der Waals surface area (Å²) in [5.41, 5.74) is 16.1. The second-order valence-corrected chi connectivity index (χ2v) is 22.2. The summed E-state index contributed by atoms with van der Waals surface area (Å²) in [4.78, 5) is 18.9. The lowest BCUT2D eigenvalue weighted by molar-refractivity contribution is -0.0407. The largest absolute Gasteiger partial charge is 0.455 e. The highest BCUT2D eigenvalue weighted by molar-refractivity contribution is 7.99. The van der Waals surface area contributed by atoms with Gasteiger partial charge in [-0.15, -0.1) is 0 Å². The van der Waals surface area contributed by atoms with Crippen molar-refractivity contribution >= 4 is 33.6 Å². The van der Waals surface area contributed by atoms with E-state index in [0.717, 1.165) is 79.0 Å². The molecule has 6 heteroatoms. The summed E-state index contributed by atoms with van der Waals surface area (Å²) < 4.78 is 9.50. The second kappa shape index (κ2) is 16.0. The molecule has 6 aliphatic rings. The van der Waals surface area contributed by atoms with E-state index in [4.69, 9.17) is 19.7 Å². The Kier molecular flexibility index (Phi) is 9.09. The molecule has 4 fully saturated rings. The van der Waals surface area contributed by atoms with Crippen LogP contribution in [0.1, 0.15) is 43.2 Å². The van der Waals surface area contributed by atoms with Gasteiger partial charge in [0.2, 0.25) is 0 Å². The normalized spacial score (nSPS) is 20.7. The van der Waals surface area contributed by atoms with Gasteiger partial charge in [0.15, 0.2) is 17.5 Å². The highest BCUT2D eigenvalue weighted by Gasteiger charge is 2.63. The van der Waals surface area contributed by atoms with Gasteiger partial charge in [0.25, 0.3) is 0 Å². The Morgan fingerprint density at radius 3 is 1.66 bits per heavy atom. The molecule has 0 atom stereocenters. The second-order valence-electron chi connectivity index (χ2n) is 21.2. The number of hydrogen-bond acceptors (Lipinski definition) is 5. The van der Waals surface area contributed by atoms with Gasteiger partial charge in [-0.25, -0.2) is 15.0 Å². The third-order valence-corrected chi connectivity index (χ3v) is 18.3. The highest BCUT2D eigenvalue weighted by Crippen LogP contribution is 2.72. The molecule has 1 spiro atoms. The molecule has 0 amide bonds. The Morgan fingerprint density at radius 2 is 0.986 bits per heavy atom. The van der Waals surface area contributed by atoms with Crippen molar-refractivity contribution in [1.29, 1.82) is 0 Å². The number of nitrogens with zero attached hydrogens (tertiary/aromatic N) is 4. The summed E-state index contributed by atoms with van der Waals surface area (Å²) in [6, 6.07) is 74.6. The number of hydrogen-bond donors (Lipinski definition) is 0. The molecule has 5 nitrogen and oxygen atoms in total. The standard InChI is InChI=1S/C67H48N4OS/c1-3-14-42(15-4-1)46-35-47(43-16-5-2-6-17-43)37-48(36-46)66-69-64(44-18-13-19-51(38-44)71-57-22-9-7-20-52(57)53-21-8-10-23-58(53)71)68-65(70-66)45-26-28-56-55(39-45)54-27-29-61-63(72-59-24-11-12-25-60(59)73-61)62(54)67(56)49-31-40-30-41(33-49)34-50(67)32-40/h1-29,35-41,49-50H,30-34H2. The van der Waals surface area contributed by atoms with Crippen molar-refractivity contribution in [2.45, 2.75) is 47.3 Å². The quantitative estimate of drug-likeness (QED) is 0.166. The fraction of sp³-hybridized carbons (Fsp3) is 0.149. The monoisotopic (exact) mass is 956 g/mol. The molecule has 2 aromatic heterocycles. The maximum Gasteiger partial charge on any atom is 0.164 e. The number of benzene rings is 9. The van der Waals surface area contributed by atoms with Gasteiger partial charge in [-0.1, -0.05) is 151 Å². The summed E-state index contributed by atoms with van der Waals surface area (Å²) >= 11 is 1.86. The molecule has 348 valence electrons. The first-order valence-corrected chi connectivity index (χ1v) is 26.8. The number of para-hydroxylation sites is 3. The van der Waals surface area contributed by atoms with E-state index in [0.29, 0.717) is 29.3 Å². The Balaban J connectivity index is 0.909. The molecule has 0 saturated heterocycles. The third kappa shape index (κ3) is 6.32. The van der Waals surface area contributed by atoms with E-state index in [9.17, 15) is 0 Å². The molecular weight excluding hydrogens is 909 g/mol. The molecule has 4 saturated carbocycles. The molecule has 5 aliphatic carbocycles. The van der Waals surface area contributed by atoms with Gasteiger partial charge in [0.1, 0.15) is 11.5 Å². The average Bonchev–Trinajstić information content (AvgIpc) is 3.95. The zero-order valence-electron chi connectivity index (χ0n) is 40.1. The SMILES string of the molecule is c1ccc(-c2cc(-c3ccccc3)cc(-c3nc(-c4cccc(-n5c6ccccc6c6ccccc65)c4)nc(-c4ccc5c(c4)-c4ccc6c(c4C54C5CC7CC(C5)CC4C7)Oc4ccccc4S6)n3)c2)cc1. The van der Waals surface area contributed by atoms with Crippen molar-refractivity contribution in [3.8, 4) is 84.7 Å². The molecular formula is C67H48N4OS. The smallest absolute Gasteiger partial charge is 0.164 e. The maximum atomic E-state index is 7.14. The van der Waals surface area contributed by atoms with E-state index in [1.165, 1.54) is 74.9 Å². The molecule has 73 heavy (non-hydrogen) atoms. The van der Waals surface area contributed by atoms with Gasteiger partial charge in [-0.05, 0) is 161 Å². The van der Waals surface area contributed by atoms with E-state index in [2.05, 4.69) is 211 Å². The van der Waals surface area contributed by atoms with E-state index < -0.39 is 0 Å². The first kappa shape index (κ1) is 41.5. The van der Waals surface area contributed by atoms with Crippen molar-refractivity contribution < 1.29 is 4.74 Å². The van der Waals surface area contributed by atoms with Crippen molar-refractivity contribution in [3.63, 3.8) is 0 Å². The lowest BCUT2D eigenvalue weighted by Gasteiger charge is -2.61. The third-order valence-electron chi connectivity index (χ3n) is 17.2. The van der Waals surface area contributed by atoms with Crippen molar-refractivity contribution in [3.05, 3.63) is 217 Å². The first-order valence-electron chi connectivity index (χ1n) is 26.0.